The first-order valence-electron chi connectivity index (χ1n) is 12.9. The van der Waals surface area contributed by atoms with Crippen LogP contribution in [0.2, 0.25) is 0 Å². The maximum absolute atomic E-state index is 10.9. The summed E-state index contributed by atoms with van der Waals surface area (Å²) >= 11 is 0. The van der Waals surface area contributed by atoms with E-state index in [2.05, 4.69) is 0 Å². The zero-order valence-corrected chi connectivity index (χ0v) is 21.9. The van der Waals surface area contributed by atoms with Crippen molar-refractivity contribution in [2.75, 3.05) is 46.7 Å². The van der Waals surface area contributed by atoms with Crippen LogP contribution in [0.15, 0.2) is 0 Å². The molecule has 3 saturated heterocycles. The Balaban J connectivity index is 1.73. The highest BCUT2D eigenvalue weighted by atomic mass is 16.7. The smallest absolute Gasteiger partial charge is 0.187 e. The number of ether oxygens (including phenoxy) is 7. The predicted molar refractivity (Wildman–Crippen MR) is 127 cm³/mol. The molecule has 230 valence electrons. The lowest BCUT2D eigenvalue weighted by Gasteiger charge is -2.47. The number of nitrogens with two attached hydrogens (primary N) is 1. The van der Waals surface area contributed by atoms with Crippen LogP contribution in [0.1, 0.15) is 6.92 Å². The summed E-state index contributed by atoms with van der Waals surface area (Å²) in [6.07, 6.45) is -18.8. The van der Waals surface area contributed by atoms with Gasteiger partial charge in [-0.25, -0.2) is 0 Å². The molecule has 0 spiro atoms. The van der Waals surface area contributed by atoms with Crippen molar-refractivity contribution in [3.63, 3.8) is 0 Å². The molecule has 0 saturated carbocycles. The average molecular weight is 574 g/mol. The number of aliphatic hydroxyl groups excluding tert-OH is 8. The van der Waals surface area contributed by atoms with Crippen LogP contribution in [0.4, 0.5) is 0 Å². The van der Waals surface area contributed by atoms with E-state index in [9.17, 15) is 40.9 Å². The summed E-state index contributed by atoms with van der Waals surface area (Å²) in [5.41, 5.74) is 5.46. The van der Waals surface area contributed by atoms with Crippen LogP contribution in [-0.2, 0) is 33.2 Å². The third-order valence-electron chi connectivity index (χ3n) is 7.25. The first-order chi connectivity index (χ1) is 18.5. The Hall–Kier alpha value is -0.640. The largest absolute Gasteiger partial charge is 0.394 e. The van der Waals surface area contributed by atoms with E-state index in [1.165, 1.54) is 7.11 Å². The van der Waals surface area contributed by atoms with E-state index >= 15 is 0 Å². The molecule has 0 amide bonds. The second-order valence-electron chi connectivity index (χ2n) is 10.00. The summed E-state index contributed by atoms with van der Waals surface area (Å²) in [6.45, 7) is 0.879. The van der Waals surface area contributed by atoms with Gasteiger partial charge in [-0.2, -0.15) is 0 Å². The number of rotatable bonds is 12. The molecule has 0 aromatic heterocycles. The zero-order valence-electron chi connectivity index (χ0n) is 21.9. The van der Waals surface area contributed by atoms with Gasteiger partial charge >= 0.3 is 0 Å². The van der Waals surface area contributed by atoms with Crippen molar-refractivity contribution in [2.24, 2.45) is 11.7 Å². The van der Waals surface area contributed by atoms with Gasteiger partial charge in [0, 0.05) is 19.6 Å². The van der Waals surface area contributed by atoms with Gasteiger partial charge in [0.2, 0.25) is 0 Å². The topological polar surface area (TPSA) is 252 Å². The van der Waals surface area contributed by atoms with Gasteiger partial charge in [0.25, 0.3) is 0 Å². The fourth-order valence-corrected chi connectivity index (χ4v) is 4.92. The highest BCUT2D eigenvalue weighted by molar-refractivity contribution is 4.95. The molecule has 3 aliphatic rings. The molecule has 3 heterocycles. The van der Waals surface area contributed by atoms with E-state index in [-0.39, 0.29) is 33.0 Å². The molecule has 16 nitrogen and oxygen atoms in total. The highest BCUT2D eigenvalue weighted by Crippen LogP contribution is 2.32. The SMILES string of the molecule is COCC1C(COC2OC(CO)C(O)C(O)C2O)OC(OC2C(COCCN)OC(C)C(O)C2O)C(O)C1O. The van der Waals surface area contributed by atoms with Crippen molar-refractivity contribution in [1.29, 1.82) is 0 Å². The van der Waals surface area contributed by atoms with Gasteiger partial charge in [-0.05, 0) is 6.92 Å². The first kappa shape index (κ1) is 32.9. The zero-order chi connectivity index (χ0) is 28.9. The van der Waals surface area contributed by atoms with E-state index in [0.717, 1.165) is 0 Å². The molecule has 0 aromatic carbocycles. The lowest BCUT2D eigenvalue weighted by atomic mass is 9.89. The van der Waals surface area contributed by atoms with E-state index in [4.69, 9.17) is 38.9 Å². The summed E-state index contributed by atoms with van der Waals surface area (Å²) < 4.78 is 39.0. The highest BCUT2D eigenvalue weighted by Gasteiger charge is 2.51. The maximum atomic E-state index is 10.9. The normalized spacial score (nSPS) is 47.3. The Bertz CT molecular complexity index is 721. The molecule has 39 heavy (non-hydrogen) atoms. The van der Waals surface area contributed by atoms with Crippen molar-refractivity contribution in [3.8, 4) is 0 Å². The molecular formula is C23H43NO15. The Morgan fingerprint density at radius 2 is 1.36 bits per heavy atom. The first-order valence-corrected chi connectivity index (χ1v) is 12.9. The summed E-state index contributed by atoms with van der Waals surface area (Å²) in [6, 6.07) is 0. The van der Waals surface area contributed by atoms with Crippen molar-refractivity contribution < 1.29 is 74.0 Å². The number of hydrogen-bond donors (Lipinski definition) is 9. The third kappa shape index (κ3) is 7.61. The fraction of sp³-hybridized carbons (Fsp3) is 1.00. The van der Waals surface area contributed by atoms with Gasteiger partial charge in [0.15, 0.2) is 12.6 Å². The molecule has 10 N–H and O–H groups in total. The molecule has 3 fully saturated rings. The molecule has 3 rings (SSSR count). The molecule has 15 unspecified atom stereocenters. The molecule has 16 heteroatoms. The molecule has 0 radical (unpaired) electrons. The third-order valence-corrected chi connectivity index (χ3v) is 7.25. The monoisotopic (exact) mass is 573 g/mol. The van der Waals surface area contributed by atoms with Crippen LogP contribution >= 0.6 is 0 Å². The molecule has 3 aliphatic heterocycles. The minimum Gasteiger partial charge on any atom is -0.394 e. The maximum Gasteiger partial charge on any atom is 0.187 e. The second-order valence-corrected chi connectivity index (χ2v) is 10.00. The molecule has 0 bridgehead atoms. The minimum atomic E-state index is -1.66. The van der Waals surface area contributed by atoms with Crippen LogP contribution in [0, 0.1) is 5.92 Å². The van der Waals surface area contributed by atoms with Crippen LogP contribution in [0.5, 0.6) is 0 Å². The van der Waals surface area contributed by atoms with E-state index < -0.39 is 98.4 Å². The van der Waals surface area contributed by atoms with Gasteiger partial charge in [0.1, 0.15) is 54.9 Å². The van der Waals surface area contributed by atoms with Crippen LogP contribution in [-0.4, -0.2) is 173 Å². The predicted octanol–water partition coefficient (Wildman–Crippen LogP) is -5.62. The summed E-state index contributed by atoms with van der Waals surface area (Å²) in [7, 11) is 1.38. The Morgan fingerprint density at radius 3 is 2.00 bits per heavy atom. The van der Waals surface area contributed by atoms with Gasteiger partial charge in [0.05, 0.1) is 51.3 Å². The quantitative estimate of drug-likeness (QED) is 0.0986. The summed E-state index contributed by atoms with van der Waals surface area (Å²) in [5, 5.41) is 82.4. The average Bonchev–Trinajstić information content (AvgIpc) is 2.92. The Morgan fingerprint density at radius 1 is 0.692 bits per heavy atom. The van der Waals surface area contributed by atoms with Gasteiger partial charge < -0.3 is 79.7 Å². The van der Waals surface area contributed by atoms with Crippen LogP contribution in [0.25, 0.3) is 0 Å². The van der Waals surface area contributed by atoms with E-state index in [0.29, 0.717) is 0 Å². The fourth-order valence-electron chi connectivity index (χ4n) is 4.92. The summed E-state index contributed by atoms with van der Waals surface area (Å²) in [4.78, 5) is 0. The van der Waals surface area contributed by atoms with Crippen molar-refractivity contribution in [1.82, 2.24) is 0 Å². The van der Waals surface area contributed by atoms with E-state index in [1.807, 2.05) is 0 Å². The van der Waals surface area contributed by atoms with Crippen molar-refractivity contribution in [3.05, 3.63) is 0 Å². The number of methoxy groups -OCH3 is 1. The lowest BCUT2D eigenvalue weighted by Crippen LogP contribution is -2.64. The number of hydrogen-bond acceptors (Lipinski definition) is 16. The number of aliphatic hydroxyl groups is 8. The van der Waals surface area contributed by atoms with Gasteiger partial charge in [-0.3, -0.25) is 0 Å². The molecule has 0 aromatic rings. The lowest BCUT2D eigenvalue weighted by molar-refractivity contribution is -0.349. The Labute approximate surface area is 225 Å². The molecule has 15 atom stereocenters. The van der Waals surface area contributed by atoms with Gasteiger partial charge in [-0.1, -0.05) is 0 Å². The summed E-state index contributed by atoms with van der Waals surface area (Å²) in [5.74, 6) is -0.850. The second kappa shape index (κ2) is 15.0. The van der Waals surface area contributed by atoms with E-state index in [1.54, 1.807) is 6.92 Å². The van der Waals surface area contributed by atoms with Crippen molar-refractivity contribution in [2.45, 2.75) is 92.8 Å². The minimum absolute atomic E-state index is 0.0443. The molecular weight excluding hydrogens is 530 g/mol. The van der Waals surface area contributed by atoms with Crippen molar-refractivity contribution >= 4 is 0 Å². The Kier molecular flexibility index (Phi) is 12.7. The van der Waals surface area contributed by atoms with Crippen LogP contribution < -0.4 is 5.73 Å². The standard InChI is InChI=1S/C23H43NO15/c1-9-14(26)18(30)21(13(36-9)7-34-4-3-24)39-23-19(31)15(27)10(6-33-2)12(38-23)8-35-22-20(32)17(29)16(28)11(5-25)37-22/h9-23,25-32H,3-8,24H2,1-2H3. The molecule has 0 aliphatic carbocycles. The van der Waals surface area contributed by atoms with Crippen LogP contribution in [0.3, 0.4) is 0 Å². The van der Waals surface area contributed by atoms with Gasteiger partial charge in [-0.15, -0.1) is 0 Å².